The molecule has 0 aromatic heterocycles. The Bertz CT molecular complexity index is 1140. The number of rotatable bonds is 8. The van der Waals surface area contributed by atoms with Gasteiger partial charge in [-0.1, -0.05) is 58.0 Å². The number of benzene rings is 3. The first-order chi connectivity index (χ1) is 15.1. The third kappa shape index (κ3) is 5.73. The number of hydrogen-bond acceptors (Lipinski definition) is 5. The molecule has 0 atom stereocenters. The van der Waals surface area contributed by atoms with E-state index in [9.17, 15) is 18.5 Å². The molecule has 169 valence electrons. The summed E-state index contributed by atoms with van der Waals surface area (Å²) in [6.45, 7) is 8.39. The van der Waals surface area contributed by atoms with E-state index in [1.54, 1.807) is 0 Å². The summed E-state index contributed by atoms with van der Waals surface area (Å²) in [4.78, 5) is 10.3. The number of halogens is 1. The van der Waals surface area contributed by atoms with E-state index in [2.05, 4.69) is 27.7 Å². The van der Waals surface area contributed by atoms with Gasteiger partial charge in [0.15, 0.2) is 7.14 Å². The van der Waals surface area contributed by atoms with Gasteiger partial charge < -0.3 is 0 Å². The predicted molar refractivity (Wildman–Crippen MR) is 120 cm³/mol. The summed E-state index contributed by atoms with van der Waals surface area (Å²) in [5, 5.41) is 11.1. The highest BCUT2D eigenvalue weighted by atomic mass is 127. The van der Waals surface area contributed by atoms with Crippen LogP contribution in [0.15, 0.2) is 77.7 Å². The second-order valence-electron chi connectivity index (χ2n) is 7.93. The van der Waals surface area contributed by atoms with Crippen molar-refractivity contribution in [1.82, 2.24) is 0 Å². The Labute approximate surface area is 196 Å². The number of nitrogens with zero attached hydrogens (tertiary/aromatic N) is 1. The van der Waals surface area contributed by atoms with E-state index in [1.165, 1.54) is 18.2 Å². The number of nitro benzene ring substituents is 1. The van der Waals surface area contributed by atoms with Crippen LogP contribution < -0.4 is 20.2 Å². The van der Waals surface area contributed by atoms with Crippen molar-refractivity contribution >= 4 is 15.8 Å². The molecule has 0 heterocycles. The molecule has 0 aliphatic carbocycles. The maximum Gasteiger partial charge on any atom is 0.336 e. The lowest BCUT2D eigenvalue weighted by molar-refractivity contribution is -1.03. The lowest BCUT2D eigenvalue weighted by Crippen LogP contribution is -3.85. The fraction of sp³-hybridized carbons (Fsp3) is 0.250. The lowest BCUT2D eigenvalue weighted by Gasteiger charge is -2.09. The van der Waals surface area contributed by atoms with Gasteiger partial charge in [-0.25, -0.2) is 0 Å². The van der Waals surface area contributed by atoms with E-state index in [4.69, 9.17) is 2.51 Å². The molecule has 0 aliphatic heterocycles. The fourth-order valence-corrected chi connectivity index (χ4v) is 9.92. The molecule has 3 rings (SSSR count). The van der Waals surface area contributed by atoms with Gasteiger partial charge in [-0.3, -0.25) is 10.1 Å². The van der Waals surface area contributed by atoms with E-state index in [-0.39, 0.29) is 10.6 Å². The first-order valence-corrected chi connectivity index (χ1v) is 14.6. The summed E-state index contributed by atoms with van der Waals surface area (Å²) in [5.41, 5.74) is 2.01. The third-order valence-electron chi connectivity index (χ3n) is 4.93. The highest BCUT2D eigenvalue weighted by Gasteiger charge is 2.38. The Hall–Kier alpha value is -2.30. The van der Waals surface area contributed by atoms with E-state index in [0.29, 0.717) is 11.8 Å². The fourth-order valence-electron chi connectivity index (χ4n) is 2.99. The molecule has 0 saturated heterocycles. The molecule has 0 spiro atoms. The molecule has 3 aromatic rings. The van der Waals surface area contributed by atoms with Gasteiger partial charge in [0.05, 0.1) is 4.92 Å². The van der Waals surface area contributed by atoms with Crippen LogP contribution in [-0.4, -0.2) is 13.3 Å². The van der Waals surface area contributed by atoms with Gasteiger partial charge in [0.25, 0.3) is 5.69 Å². The van der Waals surface area contributed by atoms with Gasteiger partial charge in [0, 0.05) is 12.1 Å². The maximum absolute atomic E-state index is 13.1. The Kier molecular flexibility index (Phi) is 7.68. The molecule has 32 heavy (non-hydrogen) atoms. The zero-order chi connectivity index (χ0) is 23.5. The molecule has 0 saturated carbocycles. The summed E-state index contributed by atoms with van der Waals surface area (Å²) >= 11 is -2.87. The minimum Gasteiger partial charge on any atom is -0.258 e. The smallest absolute Gasteiger partial charge is 0.258 e. The monoisotopic (exact) mass is 567 g/mol. The van der Waals surface area contributed by atoms with Crippen molar-refractivity contribution in [2.75, 3.05) is 0 Å². The molecule has 0 fully saturated rings. The minimum atomic E-state index is -4.20. The maximum atomic E-state index is 13.1. The van der Waals surface area contributed by atoms with Crippen LogP contribution in [-0.2, 0) is 12.6 Å². The average Bonchev–Trinajstić information content (AvgIpc) is 2.77. The van der Waals surface area contributed by atoms with Crippen LogP contribution in [0.2, 0.25) is 0 Å². The molecule has 8 heteroatoms. The zero-order valence-corrected chi connectivity index (χ0v) is 21.3. The normalized spacial score (nSPS) is 12.0. The highest BCUT2D eigenvalue weighted by Crippen LogP contribution is 2.18. The number of nitro groups is 1. The van der Waals surface area contributed by atoms with Crippen LogP contribution in [0.5, 0.6) is 0 Å². The van der Waals surface area contributed by atoms with E-state index >= 15 is 0 Å². The third-order valence-corrected chi connectivity index (χ3v) is 12.3. The van der Waals surface area contributed by atoms with Gasteiger partial charge in [0.2, 0.25) is 0 Å². The second kappa shape index (κ2) is 10.1. The summed E-state index contributed by atoms with van der Waals surface area (Å²) < 4.78 is 33.7. The van der Waals surface area contributed by atoms with E-state index < -0.39 is 35.3 Å². The Morgan fingerprint density at radius 1 is 0.812 bits per heavy atom. The van der Waals surface area contributed by atoms with Gasteiger partial charge in [-0.05, 0) is 55.8 Å². The van der Waals surface area contributed by atoms with Crippen LogP contribution >= 0.6 is 0 Å². The van der Waals surface area contributed by atoms with Crippen molar-refractivity contribution in [3.05, 3.63) is 101 Å². The standard InChI is InChI=1S/C24H26INO5S/c1-17(2)19-8-12-21(13-9-19)25(22-14-10-20(11-15-22)18(3)4)31-32(29,30)24-7-5-6-23(16-24)26(27)28/h5-18H,1-4H3/q+1. The average molecular weight is 567 g/mol. The number of hydrogen-bond donors (Lipinski definition) is 0. The van der Waals surface area contributed by atoms with Crippen LogP contribution in [0.1, 0.15) is 50.7 Å². The summed E-state index contributed by atoms with van der Waals surface area (Å²) in [6, 6.07) is 20.7. The van der Waals surface area contributed by atoms with Crippen molar-refractivity contribution < 1.29 is 36.1 Å². The zero-order valence-electron chi connectivity index (χ0n) is 18.4. The molecule has 6 nitrogen and oxygen atoms in total. The van der Waals surface area contributed by atoms with Gasteiger partial charge in [-0.2, -0.15) is 8.42 Å². The summed E-state index contributed by atoms with van der Waals surface area (Å²) in [7, 11) is -4.20. The van der Waals surface area contributed by atoms with E-state index in [1.807, 2.05) is 48.5 Å². The minimum absolute atomic E-state index is 0.216. The molecule has 3 aromatic carbocycles. The van der Waals surface area contributed by atoms with Crippen molar-refractivity contribution in [3.8, 4) is 0 Å². The van der Waals surface area contributed by atoms with Crippen molar-refractivity contribution in [2.24, 2.45) is 0 Å². The summed E-state index contributed by atoms with van der Waals surface area (Å²) in [6.07, 6.45) is 0. The van der Waals surface area contributed by atoms with Gasteiger partial charge in [0.1, 0.15) is 4.90 Å². The van der Waals surface area contributed by atoms with Crippen molar-refractivity contribution in [1.29, 1.82) is 0 Å². The van der Waals surface area contributed by atoms with Gasteiger partial charge >= 0.3 is 30.4 Å². The highest BCUT2D eigenvalue weighted by molar-refractivity contribution is 7.86. The molecule has 0 unspecified atom stereocenters. The van der Waals surface area contributed by atoms with Crippen molar-refractivity contribution in [3.63, 3.8) is 0 Å². The van der Waals surface area contributed by atoms with Crippen LogP contribution in [0.3, 0.4) is 0 Å². The molecule has 0 amide bonds. The second-order valence-corrected chi connectivity index (χ2v) is 14.4. The topological polar surface area (TPSA) is 86.5 Å². The summed E-state index contributed by atoms with van der Waals surface area (Å²) in [5.74, 6) is 0.706. The Morgan fingerprint density at radius 2 is 1.28 bits per heavy atom. The first-order valence-electron chi connectivity index (χ1n) is 10.2. The van der Waals surface area contributed by atoms with Crippen LogP contribution in [0.4, 0.5) is 5.69 Å². The molecule has 1 radical (unpaired) electrons. The Balaban J connectivity index is 2.03. The molecule has 0 bridgehead atoms. The molecular formula is C24H26INO5S+. The van der Waals surface area contributed by atoms with E-state index in [0.717, 1.165) is 24.3 Å². The molecule has 0 N–H and O–H groups in total. The molecular weight excluding hydrogens is 541 g/mol. The first kappa shape index (κ1) is 24.3. The number of non-ortho nitro benzene ring substituents is 1. The lowest BCUT2D eigenvalue weighted by atomic mass is 10.0. The SMILES string of the molecule is CC(C)c1ccc([I+](OS(=O)(=O)c2cccc([N+](=O)[O-])c2)c2ccc(C(C)C)cc2)cc1. The van der Waals surface area contributed by atoms with Crippen LogP contribution in [0.25, 0.3) is 0 Å². The van der Waals surface area contributed by atoms with Gasteiger partial charge in [-0.15, -0.1) is 0 Å². The Morgan fingerprint density at radius 3 is 1.69 bits per heavy atom. The predicted octanol–water partition coefficient (Wildman–Crippen LogP) is 2.83. The quantitative estimate of drug-likeness (QED) is 0.238. The largest absolute Gasteiger partial charge is 0.336 e. The van der Waals surface area contributed by atoms with Crippen LogP contribution in [0, 0.1) is 17.3 Å². The molecule has 0 aliphatic rings. The van der Waals surface area contributed by atoms with Crippen molar-refractivity contribution in [2.45, 2.75) is 44.4 Å².